The molecule has 0 bridgehead atoms. The van der Waals surface area contributed by atoms with Crippen molar-refractivity contribution in [3.05, 3.63) is 206 Å². The van der Waals surface area contributed by atoms with E-state index in [4.69, 9.17) is 35.2 Å². The summed E-state index contributed by atoms with van der Waals surface area (Å²) in [5.41, 5.74) is 4.51. The monoisotopic (exact) mass is 2470 g/mol. The van der Waals surface area contributed by atoms with Gasteiger partial charge in [-0.05, 0) is 86.5 Å². The predicted octanol–water partition coefficient (Wildman–Crippen LogP) is 18.7. The van der Waals surface area contributed by atoms with Gasteiger partial charge in [0.2, 0.25) is 0 Å². The summed E-state index contributed by atoms with van der Waals surface area (Å²) < 4.78 is 45.2. The quantitative estimate of drug-likeness (QED) is 0.0280. The van der Waals surface area contributed by atoms with Crippen molar-refractivity contribution in [1.29, 1.82) is 0 Å². The number of benzene rings is 2. The van der Waals surface area contributed by atoms with Crippen LogP contribution in [0.15, 0.2) is 112 Å². The van der Waals surface area contributed by atoms with E-state index in [-0.39, 0.29) is 0 Å². The van der Waals surface area contributed by atoms with Crippen LogP contribution in [0.4, 0.5) is 0 Å². The molecule has 478 valence electrons. The van der Waals surface area contributed by atoms with Gasteiger partial charge in [0.25, 0.3) is 0 Å². The van der Waals surface area contributed by atoms with E-state index in [0.29, 0.717) is 39.6 Å². The van der Waals surface area contributed by atoms with Crippen LogP contribution >= 0.6 is 0 Å². The maximum absolute atomic E-state index is 5.08. The third-order valence-electron chi connectivity index (χ3n) is 9.42. The molecule has 0 fully saturated rings. The van der Waals surface area contributed by atoms with Gasteiger partial charge in [-0.2, -0.15) is 0 Å². The second-order valence-corrected chi connectivity index (χ2v) is 16.4. The predicted molar refractivity (Wildman–Crippen MR) is 352 cm³/mol. The molecule has 0 atom stereocenters. The van der Waals surface area contributed by atoms with Gasteiger partial charge in [-0.15, -0.1) is 63.9 Å². The van der Waals surface area contributed by atoms with Gasteiger partial charge in [0.1, 0.15) is 0 Å². The molecule has 15 heteroatoms. The second kappa shape index (κ2) is 119. The molecule has 0 unspecified atom stereocenters. The molecule has 0 saturated carbocycles. The molecule has 2 rings (SSSR count). The number of allylic oxidation sites excluding steroid dienone is 2. The topological polar surface area (TPSA) is 92.3 Å². The van der Waals surface area contributed by atoms with Gasteiger partial charge in [-0.25, -0.2) is 71.1 Å². The van der Waals surface area contributed by atoms with Crippen molar-refractivity contribution >= 4 is 12.2 Å². The van der Waals surface area contributed by atoms with Gasteiger partial charge in [0.15, 0.2) is 0 Å². The smallest absolute Gasteiger partial charge is 0.0747 e. The van der Waals surface area contributed by atoms with Crippen molar-refractivity contribution < 1.29 is 47.4 Å². The Bertz CT molecular complexity index is 1580. The average molecular weight is 2470 g/mol. The fourth-order valence-corrected chi connectivity index (χ4v) is 5.28. The second-order valence-electron chi connectivity index (χ2n) is 16.4. The summed E-state index contributed by atoms with van der Waals surface area (Å²) in [7, 11) is 32.1. The van der Waals surface area contributed by atoms with Crippen molar-refractivity contribution in [2.45, 2.75) is 142 Å². The molecule has 2 aromatic rings. The summed E-state index contributed by atoms with van der Waals surface area (Å²) in [5, 5.41) is 0. The van der Waals surface area contributed by atoms with Crippen molar-refractivity contribution in [2.24, 2.45) is 0 Å². The van der Waals surface area contributed by atoms with Crippen molar-refractivity contribution in [3.8, 4) is 49.4 Å². The maximum Gasteiger partial charge on any atom is 0.0747 e. The van der Waals surface area contributed by atoms with E-state index in [0.717, 1.165) is 113 Å². The number of unbranched alkanes of at least 4 members (excludes halogenated alkanes) is 16. The number of hydrogen-bond donors (Lipinski definition) is 0. The Morgan fingerprint density at radius 3 is 0.736 bits per heavy atom. The zero-order valence-electron chi connectivity index (χ0n) is 54.5. The summed E-state index contributed by atoms with van der Waals surface area (Å²) >= 11 is 0. The van der Waals surface area contributed by atoms with Gasteiger partial charge in [0.05, 0.1) is 13.2 Å². The molecular weight excluding hydrogens is 2360 g/mol. The molecule has 0 amide bonds. The summed E-state index contributed by atoms with van der Waals surface area (Å²) in [4.78, 5) is 0. The molecule has 87 heavy (non-hydrogen) atoms. The summed E-state index contributed by atoms with van der Waals surface area (Å²) in [5.74, 6) is 9.70. The SMILES string of the molecule is C#CCCCCCCO[CH2-].C#CCCCCCCO[CH2-].C#CCO[CH2-].C#CCO[CH2-].C=CCCCCCCO[CH2-].C=CCCCCCCO[CH2-].C=CCO[CH2-].C=CCO[CH2-].C=Cc1ccc(CO[CH2-])cc1.C=Cc1ccc(CO[CH2-])cc1.[Rf].[Rf].[Rf].[Rf].[Rf]. The van der Waals surface area contributed by atoms with Crippen LogP contribution in [0.2, 0.25) is 0 Å². The van der Waals surface area contributed by atoms with E-state index >= 15 is 0 Å². The Hall–Kier alpha value is -10.3. The number of hydrogen-bond acceptors (Lipinski definition) is 10. The summed E-state index contributed by atoms with van der Waals surface area (Å²) in [6.45, 7) is 27.4. The minimum absolute atomic E-state index is 0. The molecule has 0 heterocycles. The minimum Gasteiger partial charge on any atom is -0.555 e. The van der Waals surface area contributed by atoms with Gasteiger partial charge in [-0.1, -0.05) is 161 Å². The molecule has 2 aromatic carbocycles. The molecule has 0 aromatic heterocycles. The van der Waals surface area contributed by atoms with Crippen molar-refractivity contribution in [1.82, 2.24) is 0 Å². The van der Waals surface area contributed by atoms with E-state index in [1.54, 1.807) is 12.2 Å². The van der Waals surface area contributed by atoms with E-state index < -0.39 is 0 Å². The van der Waals surface area contributed by atoms with E-state index in [1.807, 2.05) is 72.8 Å². The largest absolute Gasteiger partial charge is 0.555 e. The van der Waals surface area contributed by atoms with Crippen LogP contribution in [0.25, 0.3) is 12.2 Å². The number of terminal acetylenes is 4. The Labute approximate surface area is 506 Å². The maximum atomic E-state index is 5.08. The first-order valence-corrected chi connectivity index (χ1v) is 27.4. The van der Waals surface area contributed by atoms with Crippen LogP contribution in [0.1, 0.15) is 151 Å². The van der Waals surface area contributed by atoms with Crippen LogP contribution < -0.4 is 0 Å². The van der Waals surface area contributed by atoms with Gasteiger partial charge >= 0.3 is 0 Å². The zero-order chi connectivity index (χ0) is 63.3. The molecule has 0 saturated heterocycles. The Kier molecular flexibility index (Phi) is 148. The first-order chi connectivity index (χ1) is 40.0. The van der Waals surface area contributed by atoms with E-state index in [9.17, 15) is 0 Å². The summed E-state index contributed by atoms with van der Waals surface area (Å²) in [6, 6.07) is 16.0. The van der Waals surface area contributed by atoms with Crippen molar-refractivity contribution in [3.63, 3.8) is 0 Å². The third kappa shape index (κ3) is 133. The minimum atomic E-state index is 0. The standard InChI is InChI=1S/2C10H11O.2C9H17O.2C9H15O.2C4H7O.2C4H5O.5Rf/c2*1-3-9-4-6-10(7-5-9)8-11-2;4*1-3-4-5-6-7-8-9-10-2;4*1-3-4-5-2;;;;;/h2*3-7H,1-2,8H2;2*3H,1-2,4-9H2;2*1H,2,4-9H2;2*3H,1-2,4H2;2*1H,2,4H2;;;;;/q10*-1;;;;;. The molecule has 0 N–H and O–H groups in total. The fourth-order valence-electron chi connectivity index (χ4n) is 5.28. The molecule has 0 aliphatic carbocycles. The molecule has 10 nitrogen and oxygen atoms in total. The average Bonchev–Trinajstić information content (AvgIpc) is 3.62. The zero-order valence-corrected chi connectivity index (χ0v) is 86.5. The van der Waals surface area contributed by atoms with Crippen LogP contribution in [0.5, 0.6) is 0 Å². The summed E-state index contributed by atoms with van der Waals surface area (Å²) in [6.07, 6.45) is 53.8. The number of rotatable bonds is 38. The van der Waals surface area contributed by atoms with Gasteiger partial charge in [-0.3, -0.25) is 0 Å². The Morgan fingerprint density at radius 1 is 0.310 bits per heavy atom. The van der Waals surface area contributed by atoms with Gasteiger partial charge in [0, 0.05) is 65.7 Å². The normalized spacial score (nSPS) is 8.34. The molecular formula is C72H110O10Rf5-10. The first kappa shape index (κ1) is 108. The molecule has 0 spiro atoms. The molecule has 0 aliphatic rings. The Morgan fingerprint density at radius 2 is 0.575 bits per heavy atom. The number of ether oxygens (including phenoxy) is 10. The Balaban J connectivity index is -0.0000000641. The van der Waals surface area contributed by atoms with Crippen LogP contribution in [-0.2, 0) is 60.6 Å². The fraction of sp³-hybridized carbons (Fsp3) is 0.417. The van der Waals surface area contributed by atoms with E-state index in [2.05, 4.69) is 172 Å². The van der Waals surface area contributed by atoms with Gasteiger partial charge < -0.3 is 47.4 Å². The molecule has 0 aliphatic heterocycles. The first-order valence-electron chi connectivity index (χ1n) is 27.4. The van der Waals surface area contributed by atoms with Crippen LogP contribution in [-0.4, -0.2) is 52.9 Å². The van der Waals surface area contributed by atoms with Crippen molar-refractivity contribution in [2.75, 3.05) is 52.9 Å². The molecule has 0 radical (unpaired) electrons. The third-order valence-corrected chi connectivity index (χ3v) is 9.42. The van der Waals surface area contributed by atoms with Crippen LogP contribution in [0, 0.1) is 120 Å². The van der Waals surface area contributed by atoms with Crippen LogP contribution in [0.3, 0.4) is 0 Å². The van der Waals surface area contributed by atoms with E-state index in [1.165, 1.54) is 64.2 Å².